The second kappa shape index (κ2) is 6.40. The average molecular weight is 385 g/mol. The van der Waals surface area contributed by atoms with Gasteiger partial charge in [-0.1, -0.05) is 11.6 Å². The Morgan fingerprint density at radius 1 is 1.19 bits per heavy atom. The molecule has 3 aromatic heterocycles. The molecule has 0 fully saturated rings. The molecule has 0 aliphatic carbocycles. The van der Waals surface area contributed by atoms with E-state index < -0.39 is 5.97 Å². The lowest BCUT2D eigenvalue weighted by Gasteiger charge is -2.12. The largest absolute Gasteiger partial charge is 0.495 e. The third kappa shape index (κ3) is 2.61. The van der Waals surface area contributed by atoms with E-state index in [2.05, 4.69) is 10.1 Å². The lowest BCUT2D eigenvalue weighted by atomic mass is 10.2. The van der Waals surface area contributed by atoms with Crippen LogP contribution < -0.4 is 10.3 Å². The van der Waals surface area contributed by atoms with Crippen LogP contribution in [0, 0.1) is 0 Å². The minimum absolute atomic E-state index is 0.222. The van der Waals surface area contributed by atoms with Crippen molar-refractivity contribution in [1.29, 1.82) is 0 Å². The minimum Gasteiger partial charge on any atom is -0.495 e. The van der Waals surface area contributed by atoms with Crippen LogP contribution in [0.4, 0.5) is 0 Å². The van der Waals surface area contributed by atoms with Gasteiger partial charge in [-0.25, -0.2) is 14.3 Å². The van der Waals surface area contributed by atoms with Crippen LogP contribution in [0.5, 0.6) is 5.75 Å². The zero-order valence-electron chi connectivity index (χ0n) is 14.3. The van der Waals surface area contributed by atoms with Crippen LogP contribution in [0.25, 0.3) is 22.2 Å². The van der Waals surface area contributed by atoms with E-state index in [4.69, 9.17) is 21.1 Å². The van der Waals surface area contributed by atoms with Crippen LogP contribution >= 0.6 is 11.6 Å². The monoisotopic (exact) mass is 384 g/mol. The molecule has 4 aromatic rings. The molecule has 1 aromatic carbocycles. The number of aromatic nitrogens is 4. The van der Waals surface area contributed by atoms with Crippen LogP contribution in [0.15, 0.2) is 47.7 Å². The predicted molar refractivity (Wildman–Crippen MR) is 99.0 cm³/mol. The van der Waals surface area contributed by atoms with E-state index in [1.165, 1.54) is 35.7 Å². The molecule has 0 saturated heterocycles. The van der Waals surface area contributed by atoms with Crippen LogP contribution in [0.3, 0.4) is 0 Å². The number of fused-ring (bicyclic) bond motifs is 3. The molecule has 8 nitrogen and oxygen atoms in total. The number of pyridine rings is 1. The highest BCUT2D eigenvalue weighted by Gasteiger charge is 2.18. The molecule has 0 N–H and O–H groups in total. The number of halogens is 1. The molecular weight excluding hydrogens is 372 g/mol. The Hall–Kier alpha value is -3.39. The van der Waals surface area contributed by atoms with Crippen molar-refractivity contribution >= 4 is 34.1 Å². The van der Waals surface area contributed by atoms with Gasteiger partial charge < -0.3 is 9.47 Å². The number of benzene rings is 1. The molecule has 0 aliphatic rings. The zero-order valence-corrected chi connectivity index (χ0v) is 15.1. The first-order valence-corrected chi connectivity index (χ1v) is 8.23. The number of carbonyl (C=O) groups excluding carboxylic acids is 1. The topological polar surface area (TPSA) is 87.7 Å². The van der Waals surface area contributed by atoms with Gasteiger partial charge in [0.15, 0.2) is 5.65 Å². The predicted octanol–water partition coefficient (Wildman–Crippen LogP) is 2.48. The van der Waals surface area contributed by atoms with Crippen LogP contribution in [0.1, 0.15) is 10.4 Å². The fraction of sp³-hybridized carbons (Fsp3) is 0.111. The van der Waals surface area contributed by atoms with Gasteiger partial charge in [-0.3, -0.25) is 9.36 Å². The van der Waals surface area contributed by atoms with E-state index in [9.17, 15) is 9.59 Å². The summed E-state index contributed by atoms with van der Waals surface area (Å²) < 4.78 is 12.9. The van der Waals surface area contributed by atoms with Crippen LogP contribution in [0.2, 0.25) is 5.02 Å². The lowest BCUT2D eigenvalue weighted by molar-refractivity contribution is 0.0602. The number of hydrogen-bond acceptors (Lipinski definition) is 6. The summed E-state index contributed by atoms with van der Waals surface area (Å²) in [6.07, 6.45) is 4.37. The average Bonchev–Trinajstić information content (AvgIpc) is 3.12. The van der Waals surface area contributed by atoms with Gasteiger partial charge in [0.1, 0.15) is 11.3 Å². The molecule has 4 rings (SSSR count). The maximum Gasteiger partial charge on any atom is 0.343 e. The summed E-state index contributed by atoms with van der Waals surface area (Å²) in [5, 5.41) is 4.97. The first-order chi connectivity index (χ1) is 13.0. The van der Waals surface area contributed by atoms with Crippen molar-refractivity contribution in [3.8, 4) is 11.4 Å². The van der Waals surface area contributed by atoms with Gasteiger partial charge in [0.05, 0.1) is 37.0 Å². The Morgan fingerprint density at radius 2 is 2.00 bits per heavy atom. The zero-order chi connectivity index (χ0) is 19.1. The minimum atomic E-state index is -0.547. The molecule has 0 amide bonds. The number of methoxy groups -OCH3 is 2. The van der Waals surface area contributed by atoms with Crippen molar-refractivity contribution in [3.63, 3.8) is 0 Å². The maximum atomic E-state index is 13.0. The van der Waals surface area contributed by atoms with Crippen molar-refractivity contribution in [2.24, 2.45) is 0 Å². The summed E-state index contributed by atoms with van der Waals surface area (Å²) in [7, 11) is 2.80. The third-order valence-corrected chi connectivity index (χ3v) is 4.44. The molecule has 27 heavy (non-hydrogen) atoms. The standard InChI is InChI=1S/C18H13ClN4O4/c1-26-15-4-3-10(19)7-14(15)22-6-5-13-11(17(22)24)8-20-16-12(18(25)27-2)9-21-23(13)16/h3-9H,1-2H3. The Kier molecular flexibility index (Phi) is 4.04. The smallest absolute Gasteiger partial charge is 0.343 e. The van der Waals surface area contributed by atoms with Crippen LogP contribution in [-0.4, -0.2) is 39.4 Å². The maximum absolute atomic E-state index is 13.0. The molecule has 0 saturated carbocycles. The fourth-order valence-corrected chi connectivity index (χ4v) is 3.08. The number of ether oxygens (including phenoxy) is 2. The number of hydrogen-bond donors (Lipinski definition) is 0. The van der Waals surface area contributed by atoms with E-state index in [0.29, 0.717) is 33.0 Å². The molecule has 0 atom stereocenters. The van der Waals surface area contributed by atoms with Gasteiger partial charge in [0, 0.05) is 17.4 Å². The van der Waals surface area contributed by atoms with E-state index >= 15 is 0 Å². The second-order valence-corrected chi connectivity index (χ2v) is 6.09. The van der Waals surface area contributed by atoms with E-state index in [-0.39, 0.29) is 11.1 Å². The highest BCUT2D eigenvalue weighted by Crippen LogP contribution is 2.26. The molecule has 3 heterocycles. The van der Waals surface area contributed by atoms with Gasteiger partial charge >= 0.3 is 5.97 Å². The third-order valence-electron chi connectivity index (χ3n) is 4.20. The summed E-state index contributed by atoms with van der Waals surface area (Å²) in [5.41, 5.74) is 1.23. The van der Waals surface area contributed by atoms with Crippen molar-refractivity contribution in [2.45, 2.75) is 0 Å². The number of nitrogens with zero attached hydrogens (tertiary/aromatic N) is 4. The van der Waals surface area contributed by atoms with Crippen molar-refractivity contribution in [2.75, 3.05) is 14.2 Å². The van der Waals surface area contributed by atoms with Gasteiger partial charge in [0.2, 0.25) is 0 Å². The quantitative estimate of drug-likeness (QED) is 0.504. The first-order valence-electron chi connectivity index (χ1n) is 7.85. The summed E-state index contributed by atoms with van der Waals surface area (Å²) in [4.78, 5) is 29.1. The Bertz CT molecular complexity index is 1260. The summed E-state index contributed by atoms with van der Waals surface area (Å²) in [6.45, 7) is 0. The summed E-state index contributed by atoms with van der Waals surface area (Å²) >= 11 is 6.08. The van der Waals surface area contributed by atoms with E-state index in [0.717, 1.165) is 0 Å². The molecule has 0 unspecified atom stereocenters. The van der Waals surface area contributed by atoms with Gasteiger partial charge in [-0.05, 0) is 24.3 Å². The van der Waals surface area contributed by atoms with Crippen LogP contribution in [-0.2, 0) is 4.74 Å². The second-order valence-electron chi connectivity index (χ2n) is 5.65. The Balaban J connectivity index is 1.99. The van der Waals surface area contributed by atoms with Crippen molar-refractivity contribution < 1.29 is 14.3 Å². The van der Waals surface area contributed by atoms with E-state index in [1.807, 2.05) is 0 Å². The molecule has 0 radical (unpaired) electrons. The fourth-order valence-electron chi connectivity index (χ4n) is 2.91. The van der Waals surface area contributed by atoms with Crippen molar-refractivity contribution in [3.05, 3.63) is 63.8 Å². The van der Waals surface area contributed by atoms with Gasteiger partial charge in [0.25, 0.3) is 5.56 Å². The molecule has 0 spiro atoms. The molecule has 136 valence electrons. The molecular formula is C18H13ClN4O4. The number of rotatable bonds is 3. The number of esters is 1. The SMILES string of the molecule is COC(=O)c1cnn2c1ncc1c(=O)n(-c3cc(Cl)ccc3OC)ccc12. The molecule has 0 bridgehead atoms. The summed E-state index contributed by atoms with van der Waals surface area (Å²) in [5.74, 6) is -0.0455. The highest BCUT2D eigenvalue weighted by molar-refractivity contribution is 6.30. The highest BCUT2D eigenvalue weighted by atomic mass is 35.5. The molecule has 0 aliphatic heterocycles. The Morgan fingerprint density at radius 3 is 2.74 bits per heavy atom. The summed E-state index contributed by atoms with van der Waals surface area (Å²) in [6, 6.07) is 6.72. The molecule has 9 heteroatoms. The van der Waals surface area contributed by atoms with Gasteiger partial charge in [-0.15, -0.1) is 0 Å². The first kappa shape index (κ1) is 17.0. The normalized spacial score (nSPS) is 11.1. The number of carbonyl (C=O) groups is 1. The Labute approximate surface area is 157 Å². The van der Waals surface area contributed by atoms with Crippen molar-refractivity contribution in [1.82, 2.24) is 19.2 Å². The van der Waals surface area contributed by atoms with E-state index in [1.54, 1.807) is 30.5 Å². The van der Waals surface area contributed by atoms with Gasteiger partial charge in [-0.2, -0.15) is 5.10 Å². The lowest BCUT2D eigenvalue weighted by Crippen LogP contribution is -2.19.